The second-order valence-corrected chi connectivity index (χ2v) is 9.13. The zero-order valence-electron chi connectivity index (χ0n) is 19.4. The van der Waals surface area contributed by atoms with Crippen molar-refractivity contribution in [3.63, 3.8) is 0 Å². The largest absolute Gasteiger partial charge is 0.497 e. The molecule has 1 N–H and O–H groups in total. The summed E-state index contributed by atoms with van der Waals surface area (Å²) in [7, 11) is -2.58. The lowest BCUT2D eigenvalue weighted by molar-refractivity contribution is -0.119. The van der Waals surface area contributed by atoms with Gasteiger partial charge in [-0.05, 0) is 79.7 Å². The molecule has 186 valence electrons. The summed E-state index contributed by atoms with van der Waals surface area (Å²) in [5.41, 5.74) is 0.266. The van der Waals surface area contributed by atoms with Crippen LogP contribution in [0, 0.1) is 5.82 Å². The van der Waals surface area contributed by atoms with Crippen molar-refractivity contribution in [2.75, 3.05) is 37.7 Å². The number of rotatable bonds is 12. The summed E-state index contributed by atoms with van der Waals surface area (Å²) in [6.45, 7) is 2.17. The summed E-state index contributed by atoms with van der Waals surface area (Å²) in [6, 6.07) is 17.7. The van der Waals surface area contributed by atoms with E-state index in [1.807, 2.05) is 6.92 Å². The van der Waals surface area contributed by atoms with Crippen LogP contribution in [0.4, 0.5) is 10.1 Å². The molecule has 0 saturated heterocycles. The molecule has 0 aliphatic carbocycles. The molecule has 3 aromatic rings. The van der Waals surface area contributed by atoms with Gasteiger partial charge >= 0.3 is 0 Å². The molecule has 0 aliphatic heterocycles. The number of ether oxygens (including phenoxy) is 3. The van der Waals surface area contributed by atoms with Crippen molar-refractivity contribution in [3.8, 4) is 17.2 Å². The van der Waals surface area contributed by atoms with Crippen molar-refractivity contribution < 1.29 is 31.8 Å². The van der Waals surface area contributed by atoms with Crippen LogP contribution in [0.15, 0.2) is 77.7 Å². The summed E-state index contributed by atoms with van der Waals surface area (Å²) in [5.74, 6) is 0.780. The van der Waals surface area contributed by atoms with Crippen LogP contribution in [0.2, 0.25) is 0 Å². The fourth-order valence-electron chi connectivity index (χ4n) is 3.14. The van der Waals surface area contributed by atoms with Crippen LogP contribution in [0.3, 0.4) is 0 Å². The van der Waals surface area contributed by atoms with Crippen molar-refractivity contribution in [3.05, 3.63) is 78.6 Å². The highest BCUT2D eigenvalue weighted by Crippen LogP contribution is 2.26. The number of nitrogens with zero attached hydrogens (tertiary/aromatic N) is 1. The molecular formula is C25H27FN2O6S. The SMILES string of the molecule is CCOc1ccc(N(CC(=O)NCCOc2ccc(OC)cc2)S(=O)(=O)c2ccc(F)cc2)cc1. The number of amides is 1. The van der Waals surface area contributed by atoms with Crippen LogP contribution in [-0.2, 0) is 14.8 Å². The molecule has 0 atom stereocenters. The third-order valence-electron chi connectivity index (χ3n) is 4.88. The average Bonchev–Trinajstić information content (AvgIpc) is 2.86. The van der Waals surface area contributed by atoms with Gasteiger partial charge in [-0.1, -0.05) is 0 Å². The number of benzene rings is 3. The molecule has 3 rings (SSSR count). The van der Waals surface area contributed by atoms with Gasteiger partial charge in [-0.15, -0.1) is 0 Å². The number of methoxy groups -OCH3 is 1. The van der Waals surface area contributed by atoms with Crippen LogP contribution in [0.1, 0.15) is 6.92 Å². The van der Waals surface area contributed by atoms with Crippen molar-refractivity contribution >= 4 is 21.6 Å². The molecule has 0 spiro atoms. The van der Waals surface area contributed by atoms with Crippen molar-refractivity contribution in [2.24, 2.45) is 0 Å². The van der Waals surface area contributed by atoms with Crippen molar-refractivity contribution in [1.82, 2.24) is 5.32 Å². The first-order valence-corrected chi connectivity index (χ1v) is 12.3. The van der Waals surface area contributed by atoms with Gasteiger partial charge in [-0.25, -0.2) is 12.8 Å². The van der Waals surface area contributed by atoms with Crippen LogP contribution in [0.5, 0.6) is 17.2 Å². The molecule has 0 unspecified atom stereocenters. The minimum Gasteiger partial charge on any atom is -0.497 e. The molecular weight excluding hydrogens is 475 g/mol. The minimum absolute atomic E-state index is 0.136. The van der Waals surface area contributed by atoms with Crippen LogP contribution >= 0.6 is 0 Å². The van der Waals surface area contributed by atoms with E-state index in [1.165, 1.54) is 0 Å². The average molecular weight is 503 g/mol. The quantitative estimate of drug-likeness (QED) is 0.380. The van der Waals surface area contributed by atoms with Gasteiger partial charge in [0, 0.05) is 0 Å². The predicted octanol–water partition coefficient (Wildman–Crippen LogP) is 3.62. The molecule has 8 nitrogen and oxygen atoms in total. The van der Waals surface area contributed by atoms with Gasteiger partial charge in [0.1, 0.15) is 36.2 Å². The number of carbonyl (C=O) groups excluding carboxylic acids is 1. The molecule has 0 heterocycles. The Morgan fingerprint density at radius 2 is 1.46 bits per heavy atom. The highest BCUT2D eigenvalue weighted by Gasteiger charge is 2.27. The maximum atomic E-state index is 13.4. The van der Waals surface area contributed by atoms with E-state index in [0.29, 0.717) is 23.9 Å². The normalized spacial score (nSPS) is 10.9. The van der Waals surface area contributed by atoms with E-state index in [-0.39, 0.29) is 23.7 Å². The van der Waals surface area contributed by atoms with E-state index in [0.717, 1.165) is 28.6 Å². The van der Waals surface area contributed by atoms with E-state index >= 15 is 0 Å². The van der Waals surface area contributed by atoms with Crippen molar-refractivity contribution in [1.29, 1.82) is 0 Å². The molecule has 0 saturated carbocycles. The number of halogens is 1. The fraction of sp³-hybridized carbons (Fsp3) is 0.240. The van der Waals surface area contributed by atoms with Gasteiger partial charge in [0.25, 0.3) is 10.0 Å². The Kier molecular flexibility index (Phi) is 8.91. The van der Waals surface area contributed by atoms with E-state index in [2.05, 4.69) is 5.32 Å². The highest BCUT2D eigenvalue weighted by molar-refractivity contribution is 7.92. The van der Waals surface area contributed by atoms with E-state index in [4.69, 9.17) is 14.2 Å². The maximum Gasteiger partial charge on any atom is 0.264 e. The lowest BCUT2D eigenvalue weighted by Crippen LogP contribution is -2.41. The summed E-state index contributed by atoms with van der Waals surface area (Å²) in [6.07, 6.45) is 0. The Morgan fingerprint density at radius 3 is 2.06 bits per heavy atom. The molecule has 3 aromatic carbocycles. The number of anilines is 1. The predicted molar refractivity (Wildman–Crippen MR) is 130 cm³/mol. The van der Waals surface area contributed by atoms with Crippen molar-refractivity contribution in [2.45, 2.75) is 11.8 Å². The highest BCUT2D eigenvalue weighted by atomic mass is 32.2. The van der Waals surface area contributed by atoms with Gasteiger partial charge in [0.05, 0.1) is 30.8 Å². The van der Waals surface area contributed by atoms with Gasteiger partial charge in [0.2, 0.25) is 5.91 Å². The second-order valence-electron chi connectivity index (χ2n) is 7.27. The van der Waals surface area contributed by atoms with Crippen LogP contribution in [-0.4, -0.2) is 47.7 Å². The topological polar surface area (TPSA) is 94.2 Å². The van der Waals surface area contributed by atoms with Gasteiger partial charge in [-0.2, -0.15) is 0 Å². The Bertz CT molecular complexity index is 1200. The Morgan fingerprint density at radius 1 is 0.886 bits per heavy atom. The van der Waals surface area contributed by atoms with E-state index < -0.39 is 28.3 Å². The number of hydrogen-bond donors (Lipinski definition) is 1. The van der Waals surface area contributed by atoms with Crippen LogP contribution < -0.4 is 23.8 Å². The summed E-state index contributed by atoms with van der Waals surface area (Å²) >= 11 is 0. The molecule has 35 heavy (non-hydrogen) atoms. The summed E-state index contributed by atoms with van der Waals surface area (Å²) in [4.78, 5) is 12.5. The molecule has 0 fully saturated rings. The third kappa shape index (κ3) is 7.10. The monoisotopic (exact) mass is 502 g/mol. The maximum absolute atomic E-state index is 13.4. The Labute approximate surface area is 204 Å². The van der Waals surface area contributed by atoms with Gasteiger partial charge in [0.15, 0.2) is 0 Å². The Balaban J connectivity index is 1.69. The van der Waals surface area contributed by atoms with Gasteiger partial charge < -0.3 is 19.5 Å². The standard InChI is InChI=1S/C25H27FN2O6S/c1-3-33-22-8-6-20(7-9-22)28(35(30,31)24-14-4-19(26)5-15-24)18-25(29)27-16-17-34-23-12-10-21(32-2)11-13-23/h4-15H,3,16-18H2,1-2H3,(H,27,29). The number of carbonyl (C=O) groups is 1. The van der Waals surface area contributed by atoms with E-state index in [9.17, 15) is 17.6 Å². The Hall–Kier alpha value is -3.79. The molecule has 0 aliphatic rings. The lowest BCUT2D eigenvalue weighted by Gasteiger charge is -2.24. The summed E-state index contributed by atoms with van der Waals surface area (Å²) < 4.78 is 57.0. The van der Waals surface area contributed by atoms with Crippen LogP contribution in [0.25, 0.3) is 0 Å². The molecule has 0 aromatic heterocycles. The molecule has 0 radical (unpaired) electrons. The van der Waals surface area contributed by atoms with Gasteiger partial charge in [-0.3, -0.25) is 9.10 Å². The zero-order chi connectivity index (χ0) is 25.3. The first-order valence-electron chi connectivity index (χ1n) is 10.9. The number of sulfonamides is 1. The second kappa shape index (κ2) is 12.1. The number of nitrogens with one attached hydrogen (secondary N) is 1. The fourth-order valence-corrected chi connectivity index (χ4v) is 4.56. The first-order chi connectivity index (χ1) is 16.8. The number of hydrogen-bond acceptors (Lipinski definition) is 6. The summed E-state index contributed by atoms with van der Waals surface area (Å²) in [5, 5.41) is 2.66. The molecule has 1 amide bonds. The minimum atomic E-state index is -4.15. The lowest BCUT2D eigenvalue weighted by atomic mass is 10.3. The molecule has 0 bridgehead atoms. The van der Waals surface area contributed by atoms with E-state index in [1.54, 1.807) is 55.6 Å². The first kappa shape index (κ1) is 25.8. The smallest absolute Gasteiger partial charge is 0.264 e. The zero-order valence-corrected chi connectivity index (χ0v) is 20.3. The molecule has 10 heteroatoms. The third-order valence-corrected chi connectivity index (χ3v) is 6.67.